The highest BCUT2D eigenvalue weighted by Gasteiger charge is 2.23. The van der Waals surface area contributed by atoms with Crippen molar-refractivity contribution in [3.05, 3.63) is 11.7 Å². The van der Waals surface area contributed by atoms with Gasteiger partial charge in [0.1, 0.15) is 12.6 Å². The van der Waals surface area contributed by atoms with Crippen LogP contribution in [0.25, 0.3) is 0 Å². The molecule has 3 amide bonds. The fourth-order valence-electron chi connectivity index (χ4n) is 1.26. The number of aromatic nitrogens is 2. The van der Waals surface area contributed by atoms with Crippen molar-refractivity contribution in [3.8, 4) is 0 Å². The van der Waals surface area contributed by atoms with Gasteiger partial charge in [-0.25, -0.2) is 4.79 Å². The van der Waals surface area contributed by atoms with E-state index in [4.69, 9.17) is 21.1 Å². The van der Waals surface area contributed by atoms with Crippen LogP contribution in [0.5, 0.6) is 0 Å². The van der Waals surface area contributed by atoms with Gasteiger partial charge in [-0.15, -0.1) is 0 Å². The highest BCUT2D eigenvalue weighted by molar-refractivity contribution is 5.81. The zero-order chi connectivity index (χ0) is 15.1. The fourth-order valence-corrected chi connectivity index (χ4v) is 1.26. The molecule has 1 heterocycles. The van der Waals surface area contributed by atoms with Crippen LogP contribution in [0.15, 0.2) is 4.52 Å². The number of nitrogens with zero attached hydrogens (tertiary/aromatic N) is 2. The molecule has 11 heteroatoms. The summed E-state index contributed by atoms with van der Waals surface area (Å²) in [5.41, 5.74) is 10.4. The van der Waals surface area contributed by atoms with E-state index in [0.29, 0.717) is 0 Å². The maximum absolute atomic E-state index is 11.4. The Morgan fingerprint density at radius 2 is 2.10 bits per heavy atom. The summed E-state index contributed by atoms with van der Waals surface area (Å²) in [5.74, 6) is -1.77. The fraction of sp³-hybridized carbons (Fsp3) is 0.444. The van der Waals surface area contributed by atoms with Crippen molar-refractivity contribution in [1.82, 2.24) is 20.8 Å². The minimum atomic E-state index is -1.21. The molecule has 0 saturated heterocycles. The van der Waals surface area contributed by atoms with E-state index >= 15 is 0 Å². The van der Waals surface area contributed by atoms with Gasteiger partial charge in [-0.2, -0.15) is 4.98 Å². The molecule has 0 spiro atoms. The van der Waals surface area contributed by atoms with Crippen LogP contribution in [0.1, 0.15) is 24.2 Å². The maximum atomic E-state index is 11.4. The quantitative estimate of drug-likeness (QED) is 0.374. The second kappa shape index (κ2) is 7.04. The minimum absolute atomic E-state index is 0.0258. The molecule has 0 aliphatic heterocycles. The predicted molar refractivity (Wildman–Crippen MR) is 62.9 cm³/mol. The zero-order valence-electron chi connectivity index (χ0n) is 10.3. The molecule has 11 nitrogen and oxygen atoms in total. The van der Waals surface area contributed by atoms with Crippen LogP contribution in [0.2, 0.25) is 0 Å². The molecule has 0 aliphatic carbocycles. The SMILES string of the molecule is NCc1noc([C@@H](CC(N)=O)NC(=O)NCC(=O)O)n1. The van der Waals surface area contributed by atoms with E-state index in [1.54, 1.807) is 0 Å². The maximum Gasteiger partial charge on any atom is 0.323 e. The number of amides is 3. The van der Waals surface area contributed by atoms with E-state index in [9.17, 15) is 14.4 Å². The molecule has 0 fully saturated rings. The number of carboxylic acid groups (broad SMARTS) is 1. The monoisotopic (exact) mass is 286 g/mol. The lowest BCUT2D eigenvalue weighted by atomic mass is 10.2. The summed E-state index contributed by atoms with van der Waals surface area (Å²) < 4.78 is 4.84. The topological polar surface area (TPSA) is 186 Å². The molecule has 0 bridgehead atoms. The van der Waals surface area contributed by atoms with Crippen molar-refractivity contribution >= 4 is 17.9 Å². The summed E-state index contributed by atoms with van der Waals surface area (Å²) in [6.45, 7) is -0.551. The Morgan fingerprint density at radius 1 is 1.40 bits per heavy atom. The Bertz CT molecular complexity index is 501. The van der Waals surface area contributed by atoms with Crippen molar-refractivity contribution in [1.29, 1.82) is 0 Å². The van der Waals surface area contributed by atoms with Crippen molar-refractivity contribution in [2.75, 3.05) is 6.54 Å². The van der Waals surface area contributed by atoms with Gasteiger partial charge in [0, 0.05) is 0 Å². The number of nitrogens with two attached hydrogens (primary N) is 2. The highest BCUT2D eigenvalue weighted by atomic mass is 16.5. The normalized spacial score (nSPS) is 11.7. The third-order valence-electron chi connectivity index (χ3n) is 2.08. The number of carboxylic acids is 1. The highest BCUT2D eigenvalue weighted by Crippen LogP contribution is 2.14. The van der Waals surface area contributed by atoms with E-state index in [1.165, 1.54) is 0 Å². The molecule has 1 atom stereocenters. The van der Waals surface area contributed by atoms with Crippen LogP contribution in [0.3, 0.4) is 0 Å². The second-order valence-corrected chi connectivity index (χ2v) is 3.70. The molecule has 0 aliphatic rings. The number of nitrogens with one attached hydrogen (secondary N) is 2. The standard InChI is InChI=1S/C9H14N6O5/c10-2-6-14-8(20-15-6)4(1-5(11)16)13-9(19)12-3-7(17)18/h4H,1-3,10H2,(H2,11,16)(H,17,18)(H2,12,13,19)/t4-/m1/s1. The molecule has 0 aromatic carbocycles. The first kappa shape index (κ1) is 15.4. The molecule has 0 saturated carbocycles. The lowest BCUT2D eigenvalue weighted by Crippen LogP contribution is -2.41. The number of carbonyl (C=O) groups is 3. The van der Waals surface area contributed by atoms with E-state index in [0.717, 1.165) is 0 Å². The number of carbonyl (C=O) groups excluding carboxylic acids is 2. The zero-order valence-corrected chi connectivity index (χ0v) is 10.3. The summed E-state index contributed by atoms with van der Waals surface area (Å²) in [4.78, 5) is 36.6. The molecule has 1 aromatic rings. The van der Waals surface area contributed by atoms with Crippen molar-refractivity contribution in [2.24, 2.45) is 11.5 Å². The van der Waals surface area contributed by atoms with Gasteiger partial charge in [0.15, 0.2) is 5.82 Å². The number of hydrogen-bond acceptors (Lipinski definition) is 7. The van der Waals surface area contributed by atoms with Gasteiger partial charge in [-0.3, -0.25) is 9.59 Å². The lowest BCUT2D eigenvalue weighted by Gasteiger charge is -2.13. The summed E-state index contributed by atoms with van der Waals surface area (Å²) in [6, 6.07) is -1.78. The summed E-state index contributed by atoms with van der Waals surface area (Å²) in [5, 5.41) is 16.3. The second-order valence-electron chi connectivity index (χ2n) is 3.70. The van der Waals surface area contributed by atoms with Gasteiger partial charge in [0.25, 0.3) is 0 Å². The molecule has 1 aromatic heterocycles. The Balaban J connectivity index is 2.71. The third-order valence-corrected chi connectivity index (χ3v) is 2.08. The number of primary amides is 1. The van der Waals surface area contributed by atoms with Crippen LogP contribution in [0, 0.1) is 0 Å². The summed E-state index contributed by atoms with van der Waals surface area (Å²) in [6.07, 6.45) is -0.285. The average Bonchev–Trinajstić information content (AvgIpc) is 2.83. The first-order chi connectivity index (χ1) is 9.42. The van der Waals surface area contributed by atoms with Crippen molar-refractivity contribution in [3.63, 3.8) is 0 Å². The Hall–Kier alpha value is -2.69. The van der Waals surface area contributed by atoms with Crippen LogP contribution in [0.4, 0.5) is 4.79 Å². The molecular formula is C9H14N6O5. The average molecular weight is 286 g/mol. The van der Waals surface area contributed by atoms with Gasteiger partial charge in [0.05, 0.1) is 13.0 Å². The Kier molecular flexibility index (Phi) is 5.41. The van der Waals surface area contributed by atoms with Crippen LogP contribution in [-0.4, -0.2) is 39.7 Å². The first-order valence-corrected chi connectivity index (χ1v) is 5.49. The van der Waals surface area contributed by atoms with Gasteiger partial charge in [-0.1, -0.05) is 5.16 Å². The number of hydrogen-bond donors (Lipinski definition) is 5. The largest absolute Gasteiger partial charge is 0.480 e. The third kappa shape index (κ3) is 4.89. The minimum Gasteiger partial charge on any atom is -0.480 e. The van der Waals surface area contributed by atoms with Crippen molar-refractivity contribution in [2.45, 2.75) is 19.0 Å². The van der Waals surface area contributed by atoms with Crippen LogP contribution in [-0.2, 0) is 16.1 Å². The van der Waals surface area contributed by atoms with E-state index < -0.39 is 30.5 Å². The van der Waals surface area contributed by atoms with Crippen LogP contribution < -0.4 is 22.1 Å². The molecular weight excluding hydrogens is 272 g/mol. The Labute approximate surface area is 112 Å². The van der Waals surface area contributed by atoms with E-state index in [-0.39, 0.29) is 24.7 Å². The van der Waals surface area contributed by atoms with Gasteiger partial charge >= 0.3 is 12.0 Å². The molecule has 7 N–H and O–H groups in total. The van der Waals surface area contributed by atoms with Gasteiger partial charge in [-0.05, 0) is 0 Å². The molecule has 1 rings (SSSR count). The molecule has 20 heavy (non-hydrogen) atoms. The van der Waals surface area contributed by atoms with Gasteiger partial charge < -0.3 is 31.7 Å². The van der Waals surface area contributed by atoms with E-state index in [2.05, 4.69) is 20.8 Å². The van der Waals surface area contributed by atoms with Crippen LogP contribution >= 0.6 is 0 Å². The summed E-state index contributed by atoms with van der Waals surface area (Å²) in [7, 11) is 0. The molecule has 110 valence electrons. The first-order valence-electron chi connectivity index (χ1n) is 5.49. The summed E-state index contributed by atoms with van der Waals surface area (Å²) >= 11 is 0. The molecule has 0 unspecified atom stereocenters. The Morgan fingerprint density at radius 3 is 2.60 bits per heavy atom. The smallest absolute Gasteiger partial charge is 0.323 e. The lowest BCUT2D eigenvalue weighted by molar-refractivity contribution is -0.135. The van der Waals surface area contributed by atoms with E-state index in [1.807, 2.05) is 0 Å². The number of aliphatic carboxylic acids is 1. The molecule has 0 radical (unpaired) electrons. The van der Waals surface area contributed by atoms with Crippen molar-refractivity contribution < 1.29 is 24.0 Å². The predicted octanol–water partition coefficient (Wildman–Crippen LogP) is -2.17. The number of rotatable bonds is 7. The number of urea groups is 1. The van der Waals surface area contributed by atoms with Gasteiger partial charge in [0.2, 0.25) is 11.8 Å².